The van der Waals surface area contributed by atoms with Gasteiger partial charge >= 0.3 is 0 Å². The Labute approximate surface area is 97.7 Å². The molecule has 0 radical (unpaired) electrons. The maximum absolute atomic E-state index is 12.0. The average molecular weight is 229 g/mol. The lowest BCUT2D eigenvalue weighted by molar-refractivity contribution is -0.304. The van der Waals surface area contributed by atoms with Crippen molar-refractivity contribution < 1.29 is 14.3 Å². The highest BCUT2D eigenvalue weighted by Crippen LogP contribution is 2.34. The highest BCUT2D eigenvalue weighted by molar-refractivity contribution is 5.81. The summed E-state index contributed by atoms with van der Waals surface area (Å²) in [6.07, 6.45) is 0.487. The number of carbonyl (C=O) groups is 1. The standard InChI is InChI=1S/C12H23NO3/c1-6-7-13-10(14)9-11(2,3)8-15-12(4,5)16-9/h9H,6-8H2,1-5H3,(H,13,14). The zero-order valence-corrected chi connectivity index (χ0v) is 10.9. The molecule has 0 aromatic heterocycles. The van der Waals surface area contributed by atoms with Crippen molar-refractivity contribution in [3.8, 4) is 0 Å². The van der Waals surface area contributed by atoms with Crippen molar-refractivity contribution in [3.63, 3.8) is 0 Å². The molecule has 1 unspecified atom stereocenters. The number of rotatable bonds is 3. The first-order chi connectivity index (χ1) is 7.28. The van der Waals surface area contributed by atoms with E-state index in [9.17, 15) is 4.79 Å². The summed E-state index contributed by atoms with van der Waals surface area (Å²) in [6.45, 7) is 10.9. The van der Waals surface area contributed by atoms with Crippen molar-refractivity contribution in [2.24, 2.45) is 5.41 Å². The average Bonchev–Trinajstić information content (AvgIpc) is 2.19. The Morgan fingerprint density at radius 1 is 1.38 bits per heavy atom. The fourth-order valence-corrected chi connectivity index (χ4v) is 1.66. The summed E-state index contributed by atoms with van der Waals surface area (Å²) in [6, 6.07) is 0. The molecule has 1 heterocycles. The Morgan fingerprint density at radius 2 is 2.00 bits per heavy atom. The van der Waals surface area contributed by atoms with E-state index >= 15 is 0 Å². The molecule has 0 aromatic rings. The molecule has 0 spiro atoms. The van der Waals surface area contributed by atoms with Crippen LogP contribution in [0.2, 0.25) is 0 Å². The molecule has 1 N–H and O–H groups in total. The second-order valence-electron chi connectivity index (χ2n) is 5.47. The first kappa shape index (κ1) is 13.5. The van der Waals surface area contributed by atoms with E-state index in [2.05, 4.69) is 5.32 Å². The Hall–Kier alpha value is -0.610. The molecule has 0 aliphatic carbocycles. The van der Waals surface area contributed by atoms with E-state index in [1.807, 2.05) is 34.6 Å². The van der Waals surface area contributed by atoms with Gasteiger partial charge in [-0.15, -0.1) is 0 Å². The summed E-state index contributed by atoms with van der Waals surface area (Å²) >= 11 is 0. The van der Waals surface area contributed by atoms with Gasteiger partial charge in [0.25, 0.3) is 0 Å². The van der Waals surface area contributed by atoms with Crippen molar-refractivity contribution in [2.75, 3.05) is 13.2 Å². The Bertz CT molecular complexity index is 261. The molecule has 4 nitrogen and oxygen atoms in total. The maximum Gasteiger partial charge on any atom is 0.249 e. The number of carbonyl (C=O) groups excluding carboxylic acids is 1. The molecule has 0 saturated carbocycles. The van der Waals surface area contributed by atoms with Gasteiger partial charge in [0.05, 0.1) is 6.61 Å². The Kier molecular flexibility index (Phi) is 3.97. The third-order valence-corrected chi connectivity index (χ3v) is 2.69. The lowest BCUT2D eigenvalue weighted by atomic mass is 9.85. The number of amides is 1. The van der Waals surface area contributed by atoms with Gasteiger partial charge in [-0.05, 0) is 20.3 Å². The SMILES string of the molecule is CCCNC(=O)C1OC(C)(C)OCC1(C)C. The van der Waals surface area contributed by atoms with Crippen LogP contribution in [-0.2, 0) is 14.3 Å². The van der Waals surface area contributed by atoms with Gasteiger partial charge in [-0.2, -0.15) is 0 Å². The minimum atomic E-state index is -0.677. The van der Waals surface area contributed by atoms with Crippen molar-refractivity contribution >= 4 is 5.91 Å². The second kappa shape index (κ2) is 4.72. The van der Waals surface area contributed by atoms with Gasteiger partial charge in [0, 0.05) is 12.0 Å². The molecule has 4 heteroatoms. The van der Waals surface area contributed by atoms with Crippen LogP contribution in [0, 0.1) is 5.41 Å². The van der Waals surface area contributed by atoms with E-state index < -0.39 is 11.9 Å². The van der Waals surface area contributed by atoms with Crippen molar-refractivity contribution in [2.45, 2.75) is 52.9 Å². The van der Waals surface area contributed by atoms with Crippen LogP contribution in [0.1, 0.15) is 41.0 Å². The third-order valence-electron chi connectivity index (χ3n) is 2.69. The fourth-order valence-electron chi connectivity index (χ4n) is 1.66. The van der Waals surface area contributed by atoms with Crippen LogP contribution in [0.4, 0.5) is 0 Å². The second-order valence-corrected chi connectivity index (χ2v) is 5.47. The van der Waals surface area contributed by atoms with Crippen LogP contribution in [0.25, 0.3) is 0 Å². The van der Waals surface area contributed by atoms with E-state index in [-0.39, 0.29) is 11.3 Å². The Balaban J connectivity index is 2.69. The molecule has 0 aromatic carbocycles. The predicted molar refractivity (Wildman–Crippen MR) is 62.0 cm³/mol. The third kappa shape index (κ3) is 3.19. The van der Waals surface area contributed by atoms with Gasteiger partial charge in [0.1, 0.15) is 6.10 Å². The van der Waals surface area contributed by atoms with Gasteiger partial charge < -0.3 is 14.8 Å². The zero-order chi connectivity index (χ0) is 12.4. The molecule has 1 amide bonds. The molecule has 1 fully saturated rings. The quantitative estimate of drug-likeness (QED) is 0.801. The van der Waals surface area contributed by atoms with E-state index in [0.29, 0.717) is 13.2 Å². The summed E-state index contributed by atoms with van der Waals surface area (Å²) in [5, 5.41) is 2.88. The molecule has 1 aliphatic heterocycles. The number of nitrogens with one attached hydrogen (secondary N) is 1. The van der Waals surface area contributed by atoms with Gasteiger partial charge in [0.2, 0.25) is 5.91 Å². The topological polar surface area (TPSA) is 47.6 Å². The molecule has 1 aliphatic rings. The van der Waals surface area contributed by atoms with Gasteiger partial charge in [-0.3, -0.25) is 4.79 Å². The molecule has 16 heavy (non-hydrogen) atoms. The lowest BCUT2D eigenvalue weighted by Crippen LogP contribution is -2.56. The Morgan fingerprint density at radius 3 is 2.56 bits per heavy atom. The van der Waals surface area contributed by atoms with Gasteiger partial charge in [0.15, 0.2) is 5.79 Å². The molecule has 0 bridgehead atoms. The summed E-state index contributed by atoms with van der Waals surface area (Å²) in [7, 11) is 0. The molecule has 94 valence electrons. The summed E-state index contributed by atoms with van der Waals surface area (Å²) in [5.41, 5.74) is -0.284. The van der Waals surface area contributed by atoms with Crippen molar-refractivity contribution in [3.05, 3.63) is 0 Å². The van der Waals surface area contributed by atoms with Crippen LogP contribution in [0.5, 0.6) is 0 Å². The van der Waals surface area contributed by atoms with Crippen LogP contribution >= 0.6 is 0 Å². The highest BCUT2D eigenvalue weighted by atomic mass is 16.7. The largest absolute Gasteiger partial charge is 0.354 e. The highest BCUT2D eigenvalue weighted by Gasteiger charge is 2.45. The van der Waals surface area contributed by atoms with Gasteiger partial charge in [-0.25, -0.2) is 0 Å². The summed E-state index contributed by atoms with van der Waals surface area (Å²) in [5.74, 6) is -0.716. The van der Waals surface area contributed by atoms with E-state index in [0.717, 1.165) is 6.42 Å². The summed E-state index contributed by atoms with van der Waals surface area (Å²) in [4.78, 5) is 12.0. The van der Waals surface area contributed by atoms with Gasteiger partial charge in [-0.1, -0.05) is 20.8 Å². The first-order valence-electron chi connectivity index (χ1n) is 5.88. The van der Waals surface area contributed by atoms with E-state index in [4.69, 9.17) is 9.47 Å². The number of hydrogen-bond donors (Lipinski definition) is 1. The first-order valence-corrected chi connectivity index (χ1v) is 5.88. The van der Waals surface area contributed by atoms with E-state index in [1.165, 1.54) is 0 Å². The zero-order valence-electron chi connectivity index (χ0n) is 10.9. The molecule has 1 atom stereocenters. The van der Waals surface area contributed by atoms with Crippen LogP contribution in [0.3, 0.4) is 0 Å². The molecular weight excluding hydrogens is 206 g/mol. The number of ether oxygens (including phenoxy) is 2. The normalized spacial score (nSPS) is 27.4. The van der Waals surface area contributed by atoms with Crippen molar-refractivity contribution in [1.29, 1.82) is 0 Å². The molecule has 1 saturated heterocycles. The predicted octanol–water partition coefficient (Wildman–Crippen LogP) is 1.69. The summed E-state index contributed by atoms with van der Waals surface area (Å²) < 4.78 is 11.3. The van der Waals surface area contributed by atoms with Crippen LogP contribution in [0.15, 0.2) is 0 Å². The maximum atomic E-state index is 12.0. The van der Waals surface area contributed by atoms with Crippen molar-refractivity contribution in [1.82, 2.24) is 5.32 Å². The van der Waals surface area contributed by atoms with Crippen LogP contribution < -0.4 is 5.32 Å². The smallest absolute Gasteiger partial charge is 0.249 e. The monoisotopic (exact) mass is 229 g/mol. The fraction of sp³-hybridized carbons (Fsp3) is 0.917. The number of hydrogen-bond acceptors (Lipinski definition) is 3. The van der Waals surface area contributed by atoms with Crippen LogP contribution in [-0.4, -0.2) is 30.9 Å². The molecule has 1 rings (SSSR count). The molecular formula is C12H23NO3. The minimum Gasteiger partial charge on any atom is -0.354 e. The lowest BCUT2D eigenvalue weighted by Gasteiger charge is -2.44. The minimum absolute atomic E-state index is 0.0387. The van der Waals surface area contributed by atoms with E-state index in [1.54, 1.807) is 0 Å².